The van der Waals surface area contributed by atoms with Crippen LogP contribution in [0.4, 0.5) is 4.39 Å². The van der Waals surface area contributed by atoms with Gasteiger partial charge in [-0.1, -0.05) is 42.5 Å². The standard InChI is InChI=1S/C24H20FN3/c1-28-14-19-12-17(24-7-4-10-26-27-24)8-9-20(19)22(15-28)18-11-16-5-2-3-6-21(16)23(25)13-18/h2-13,22H,14-15H2,1H3. The predicted molar refractivity (Wildman–Crippen MR) is 110 cm³/mol. The molecule has 2 heterocycles. The van der Waals surface area contributed by atoms with Crippen molar-refractivity contribution < 1.29 is 4.39 Å². The molecule has 3 aromatic carbocycles. The van der Waals surface area contributed by atoms with E-state index < -0.39 is 0 Å². The Kier molecular flexibility index (Phi) is 4.14. The molecule has 3 nitrogen and oxygen atoms in total. The summed E-state index contributed by atoms with van der Waals surface area (Å²) in [7, 11) is 2.11. The van der Waals surface area contributed by atoms with Crippen molar-refractivity contribution in [3.63, 3.8) is 0 Å². The van der Waals surface area contributed by atoms with Gasteiger partial charge in [0.1, 0.15) is 5.82 Å². The lowest BCUT2D eigenvalue weighted by molar-refractivity contribution is 0.295. The maximum absolute atomic E-state index is 14.7. The number of fused-ring (bicyclic) bond motifs is 2. The van der Waals surface area contributed by atoms with Crippen LogP contribution in [0, 0.1) is 5.82 Å². The van der Waals surface area contributed by atoms with Crippen LogP contribution in [-0.2, 0) is 6.54 Å². The molecule has 1 unspecified atom stereocenters. The van der Waals surface area contributed by atoms with Gasteiger partial charge in [-0.25, -0.2) is 4.39 Å². The van der Waals surface area contributed by atoms with Crippen molar-refractivity contribution in [2.24, 2.45) is 0 Å². The molecule has 138 valence electrons. The van der Waals surface area contributed by atoms with Gasteiger partial charge in [-0.05, 0) is 53.4 Å². The average Bonchev–Trinajstić information content (AvgIpc) is 2.73. The number of hydrogen-bond donors (Lipinski definition) is 0. The number of likely N-dealkylation sites (N-methyl/N-ethyl adjacent to an activating group) is 1. The molecule has 0 fully saturated rings. The zero-order chi connectivity index (χ0) is 19.1. The Labute approximate surface area is 163 Å². The smallest absolute Gasteiger partial charge is 0.131 e. The Hall–Kier alpha value is -3.11. The van der Waals surface area contributed by atoms with E-state index in [9.17, 15) is 4.39 Å². The first-order valence-corrected chi connectivity index (χ1v) is 9.47. The van der Waals surface area contributed by atoms with Gasteiger partial charge in [0.2, 0.25) is 0 Å². The molecule has 1 aliphatic rings. The highest BCUT2D eigenvalue weighted by atomic mass is 19.1. The van der Waals surface area contributed by atoms with Crippen LogP contribution in [0.25, 0.3) is 22.0 Å². The minimum absolute atomic E-state index is 0.142. The zero-order valence-corrected chi connectivity index (χ0v) is 15.6. The number of halogens is 1. The van der Waals surface area contributed by atoms with Crippen LogP contribution < -0.4 is 0 Å². The lowest BCUT2D eigenvalue weighted by atomic mass is 9.83. The van der Waals surface area contributed by atoms with Gasteiger partial charge < -0.3 is 4.90 Å². The van der Waals surface area contributed by atoms with E-state index in [1.54, 1.807) is 12.3 Å². The lowest BCUT2D eigenvalue weighted by Crippen LogP contribution is -2.31. The fourth-order valence-electron chi connectivity index (χ4n) is 4.23. The summed E-state index contributed by atoms with van der Waals surface area (Å²) in [5.41, 5.74) is 5.48. The summed E-state index contributed by atoms with van der Waals surface area (Å²) in [5, 5.41) is 9.84. The Bertz CT molecular complexity index is 1160. The third kappa shape index (κ3) is 2.96. The minimum Gasteiger partial charge on any atom is -0.301 e. The lowest BCUT2D eigenvalue weighted by Gasteiger charge is -2.33. The van der Waals surface area contributed by atoms with E-state index in [0.29, 0.717) is 5.39 Å². The Morgan fingerprint density at radius 2 is 1.89 bits per heavy atom. The van der Waals surface area contributed by atoms with Crippen LogP contribution in [0.1, 0.15) is 22.6 Å². The Morgan fingerprint density at radius 1 is 1.00 bits per heavy atom. The van der Waals surface area contributed by atoms with Crippen LogP contribution in [-0.4, -0.2) is 28.7 Å². The molecular formula is C24H20FN3. The summed E-state index contributed by atoms with van der Waals surface area (Å²) in [4.78, 5) is 2.29. The molecule has 0 bridgehead atoms. The molecule has 4 aromatic rings. The molecule has 1 aliphatic heterocycles. The summed E-state index contributed by atoms with van der Waals surface area (Å²) in [6.07, 6.45) is 1.68. The molecule has 28 heavy (non-hydrogen) atoms. The molecule has 4 heteroatoms. The number of hydrogen-bond acceptors (Lipinski definition) is 3. The number of rotatable bonds is 2. The van der Waals surface area contributed by atoms with Crippen molar-refractivity contribution in [1.29, 1.82) is 0 Å². The Balaban J connectivity index is 1.61. The van der Waals surface area contributed by atoms with E-state index in [1.165, 1.54) is 11.1 Å². The predicted octanol–water partition coefficient (Wildman–Crippen LogP) is 5.01. The van der Waals surface area contributed by atoms with Crippen LogP contribution in [0.5, 0.6) is 0 Å². The molecule has 0 radical (unpaired) electrons. The van der Waals surface area contributed by atoms with Gasteiger partial charge in [0, 0.05) is 36.2 Å². The van der Waals surface area contributed by atoms with E-state index in [1.807, 2.05) is 36.4 Å². The average molecular weight is 369 g/mol. The maximum atomic E-state index is 14.7. The summed E-state index contributed by atoms with van der Waals surface area (Å²) in [5.74, 6) is -0.0113. The van der Waals surface area contributed by atoms with Gasteiger partial charge >= 0.3 is 0 Å². The highest BCUT2D eigenvalue weighted by Crippen LogP contribution is 2.36. The fraction of sp³-hybridized carbons (Fsp3) is 0.167. The molecule has 1 aromatic heterocycles. The highest BCUT2D eigenvalue weighted by molar-refractivity contribution is 5.84. The number of nitrogens with zero attached hydrogens (tertiary/aromatic N) is 3. The molecule has 0 aliphatic carbocycles. The normalized spacial score (nSPS) is 16.9. The quantitative estimate of drug-likeness (QED) is 0.497. The summed E-state index contributed by atoms with van der Waals surface area (Å²) < 4.78 is 14.7. The summed E-state index contributed by atoms with van der Waals surface area (Å²) in [6, 6.07) is 21.8. The second-order valence-electron chi connectivity index (χ2n) is 7.50. The first kappa shape index (κ1) is 17.0. The van der Waals surface area contributed by atoms with Gasteiger partial charge in [-0.3, -0.25) is 0 Å². The van der Waals surface area contributed by atoms with E-state index in [2.05, 4.69) is 46.4 Å². The number of aromatic nitrogens is 2. The van der Waals surface area contributed by atoms with Gasteiger partial charge in [-0.2, -0.15) is 10.2 Å². The molecule has 0 spiro atoms. The van der Waals surface area contributed by atoms with Gasteiger partial charge in [-0.15, -0.1) is 0 Å². The zero-order valence-electron chi connectivity index (χ0n) is 15.6. The SMILES string of the molecule is CN1Cc2cc(-c3cccnn3)ccc2C(c2cc(F)c3ccccc3c2)C1. The van der Waals surface area contributed by atoms with Crippen molar-refractivity contribution in [1.82, 2.24) is 15.1 Å². The van der Waals surface area contributed by atoms with Gasteiger partial charge in [0.05, 0.1) is 5.69 Å². The largest absolute Gasteiger partial charge is 0.301 e. The second-order valence-corrected chi connectivity index (χ2v) is 7.50. The molecule has 0 amide bonds. The molecule has 0 saturated heterocycles. The molecular weight excluding hydrogens is 349 g/mol. The summed E-state index contributed by atoms with van der Waals surface area (Å²) in [6.45, 7) is 1.74. The van der Waals surface area contributed by atoms with Gasteiger partial charge in [0.15, 0.2) is 0 Å². The topological polar surface area (TPSA) is 29.0 Å². The first-order chi connectivity index (χ1) is 13.7. The van der Waals surface area contributed by atoms with Crippen LogP contribution in [0.2, 0.25) is 0 Å². The van der Waals surface area contributed by atoms with Crippen LogP contribution in [0.15, 0.2) is 72.9 Å². The molecule has 1 atom stereocenters. The highest BCUT2D eigenvalue weighted by Gasteiger charge is 2.26. The van der Waals surface area contributed by atoms with Crippen molar-refractivity contribution in [2.75, 3.05) is 13.6 Å². The van der Waals surface area contributed by atoms with E-state index in [4.69, 9.17) is 0 Å². The monoisotopic (exact) mass is 369 g/mol. The molecule has 0 saturated carbocycles. The summed E-state index contributed by atoms with van der Waals surface area (Å²) >= 11 is 0. The van der Waals surface area contributed by atoms with Crippen LogP contribution >= 0.6 is 0 Å². The Morgan fingerprint density at radius 3 is 2.75 bits per heavy atom. The van der Waals surface area contributed by atoms with Crippen molar-refractivity contribution in [2.45, 2.75) is 12.5 Å². The van der Waals surface area contributed by atoms with Crippen molar-refractivity contribution in [3.05, 3.63) is 95.4 Å². The van der Waals surface area contributed by atoms with E-state index in [-0.39, 0.29) is 11.7 Å². The van der Waals surface area contributed by atoms with Gasteiger partial charge in [0.25, 0.3) is 0 Å². The first-order valence-electron chi connectivity index (χ1n) is 9.47. The van der Waals surface area contributed by atoms with E-state index >= 15 is 0 Å². The second kappa shape index (κ2) is 6.80. The number of benzene rings is 3. The van der Waals surface area contributed by atoms with E-state index in [0.717, 1.165) is 35.3 Å². The third-order valence-electron chi connectivity index (χ3n) is 5.56. The molecule has 5 rings (SSSR count). The van der Waals surface area contributed by atoms with Crippen LogP contribution in [0.3, 0.4) is 0 Å². The van der Waals surface area contributed by atoms with Crippen molar-refractivity contribution >= 4 is 10.8 Å². The minimum atomic E-state index is -0.154. The third-order valence-corrected chi connectivity index (χ3v) is 5.56. The van der Waals surface area contributed by atoms with Crippen molar-refractivity contribution in [3.8, 4) is 11.3 Å². The molecule has 0 N–H and O–H groups in total. The fourth-order valence-corrected chi connectivity index (χ4v) is 4.23. The maximum Gasteiger partial charge on any atom is 0.131 e.